The second kappa shape index (κ2) is 7.73. The van der Waals surface area contributed by atoms with E-state index in [-0.39, 0.29) is 25.2 Å². The minimum absolute atomic E-state index is 0.0208. The van der Waals surface area contributed by atoms with Crippen molar-refractivity contribution < 1.29 is 9.31 Å². The summed E-state index contributed by atoms with van der Waals surface area (Å²) in [4.78, 5) is 0. The number of hydrogen-bond donors (Lipinski definition) is 0. The fourth-order valence-electron chi connectivity index (χ4n) is 1.29. The molecule has 1 atom stereocenters. The molecule has 0 rings (SSSR count). The van der Waals surface area contributed by atoms with Gasteiger partial charge in [0.1, 0.15) is 0 Å². The van der Waals surface area contributed by atoms with E-state index in [1.54, 1.807) is 0 Å². The summed E-state index contributed by atoms with van der Waals surface area (Å²) < 4.78 is 11.2. The second-order valence-electron chi connectivity index (χ2n) is 4.27. The fourth-order valence-corrected chi connectivity index (χ4v) is 1.29. The smallest absolute Gasteiger partial charge is 0.409 e. The third-order valence-corrected chi connectivity index (χ3v) is 2.00. The second-order valence-corrected chi connectivity index (χ2v) is 4.27. The van der Waals surface area contributed by atoms with Crippen LogP contribution in [0.4, 0.5) is 0 Å². The van der Waals surface area contributed by atoms with E-state index >= 15 is 0 Å². The van der Waals surface area contributed by atoms with Crippen molar-refractivity contribution in [3.63, 3.8) is 0 Å². The highest BCUT2D eigenvalue weighted by Crippen LogP contribution is 2.14. The highest BCUT2D eigenvalue weighted by atomic mass is 16.6. The zero-order chi connectivity index (χ0) is 11.8. The average molecular weight is 211 g/mol. The molecule has 0 spiro atoms. The molecular formula is C11H22BNO2. The Kier molecular flexibility index (Phi) is 7.46. The van der Waals surface area contributed by atoms with Crippen LogP contribution in [0.5, 0.6) is 0 Å². The SMILES string of the molecule is CCC(C#N)CB(OC(C)C)OC(C)C. The van der Waals surface area contributed by atoms with Crippen LogP contribution in [-0.2, 0) is 9.31 Å². The molecule has 0 aliphatic heterocycles. The normalized spacial score (nSPS) is 12.9. The molecule has 0 fully saturated rings. The van der Waals surface area contributed by atoms with Crippen molar-refractivity contribution in [2.75, 3.05) is 0 Å². The molecule has 0 amide bonds. The first-order chi connectivity index (χ1) is 6.99. The van der Waals surface area contributed by atoms with Crippen LogP contribution in [0, 0.1) is 17.2 Å². The Morgan fingerprint density at radius 3 is 1.87 bits per heavy atom. The Morgan fingerprint density at radius 2 is 1.60 bits per heavy atom. The van der Waals surface area contributed by atoms with Gasteiger partial charge in [0.25, 0.3) is 0 Å². The molecule has 0 bridgehead atoms. The van der Waals surface area contributed by atoms with Crippen molar-refractivity contribution in [1.29, 1.82) is 5.26 Å². The van der Waals surface area contributed by atoms with Crippen LogP contribution >= 0.6 is 0 Å². The molecule has 0 aliphatic rings. The number of rotatable bonds is 7. The van der Waals surface area contributed by atoms with Crippen molar-refractivity contribution >= 4 is 7.12 Å². The van der Waals surface area contributed by atoms with Gasteiger partial charge in [-0.2, -0.15) is 5.26 Å². The highest BCUT2D eigenvalue weighted by molar-refractivity contribution is 6.44. The van der Waals surface area contributed by atoms with Crippen molar-refractivity contribution in [3.05, 3.63) is 0 Å². The van der Waals surface area contributed by atoms with E-state index in [0.29, 0.717) is 6.32 Å². The van der Waals surface area contributed by atoms with Gasteiger partial charge in [0.2, 0.25) is 0 Å². The van der Waals surface area contributed by atoms with Crippen LogP contribution in [0.3, 0.4) is 0 Å². The molecule has 0 aromatic rings. The number of nitriles is 1. The molecule has 0 aromatic heterocycles. The molecule has 0 heterocycles. The molecule has 15 heavy (non-hydrogen) atoms. The van der Waals surface area contributed by atoms with Gasteiger partial charge in [-0.25, -0.2) is 0 Å². The zero-order valence-electron chi connectivity index (χ0n) is 10.5. The molecular weight excluding hydrogens is 189 g/mol. The van der Waals surface area contributed by atoms with Crippen LogP contribution in [0.1, 0.15) is 41.0 Å². The largest absolute Gasteiger partial charge is 0.458 e. The maximum Gasteiger partial charge on any atom is 0.458 e. The molecule has 0 aliphatic carbocycles. The first-order valence-electron chi connectivity index (χ1n) is 5.70. The highest BCUT2D eigenvalue weighted by Gasteiger charge is 2.25. The Bertz CT molecular complexity index is 191. The van der Waals surface area contributed by atoms with Gasteiger partial charge >= 0.3 is 7.12 Å². The van der Waals surface area contributed by atoms with Gasteiger partial charge in [0.15, 0.2) is 0 Å². The molecule has 0 saturated heterocycles. The lowest BCUT2D eigenvalue weighted by atomic mass is 9.76. The number of hydrogen-bond acceptors (Lipinski definition) is 3. The first kappa shape index (κ1) is 14.5. The Hall–Kier alpha value is -0.525. The van der Waals surface area contributed by atoms with Crippen LogP contribution in [0.15, 0.2) is 0 Å². The molecule has 1 unspecified atom stereocenters. The summed E-state index contributed by atoms with van der Waals surface area (Å²) in [5.74, 6) is 0.0208. The van der Waals surface area contributed by atoms with E-state index in [1.807, 2.05) is 34.6 Å². The van der Waals surface area contributed by atoms with E-state index in [9.17, 15) is 0 Å². The van der Waals surface area contributed by atoms with E-state index in [1.165, 1.54) is 0 Å². The van der Waals surface area contributed by atoms with Crippen molar-refractivity contribution in [2.45, 2.75) is 59.6 Å². The quantitative estimate of drug-likeness (QED) is 0.608. The summed E-state index contributed by atoms with van der Waals surface area (Å²) in [6.07, 6.45) is 1.76. The number of nitrogens with zero attached hydrogens (tertiary/aromatic N) is 1. The minimum atomic E-state index is -0.255. The minimum Gasteiger partial charge on any atom is -0.409 e. The van der Waals surface area contributed by atoms with Crippen LogP contribution < -0.4 is 0 Å². The van der Waals surface area contributed by atoms with E-state index in [4.69, 9.17) is 14.6 Å². The molecule has 4 heteroatoms. The standard InChI is InChI=1S/C11H22BNO2/c1-6-11(8-13)7-12(14-9(2)3)15-10(4)5/h9-11H,6-7H2,1-5H3. The monoisotopic (exact) mass is 211 g/mol. The summed E-state index contributed by atoms with van der Waals surface area (Å²) in [7, 11) is -0.255. The van der Waals surface area contributed by atoms with Gasteiger partial charge in [-0.1, -0.05) is 6.92 Å². The summed E-state index contributed by atoms with van der Waals surface area (Å²) in [5.41, 5.74) is 0. The lowest BCUT2D eigenvalue weighted by molar-refractivity contribution is 0.128. The molecule has 3 nitrogen and oxygen atoms in total. The maximum atomic E-state index is 8.88. The van der Waals surface area contributed by atoms with Crippen LogP contribution in [0.2, 0.25) is 6.32 Å². The molecule has 86 valence electrons. The summed E-state index contributed by atoms with van der Waals surface area (Å²) >= 11 is 0. The predicted octanol–water partition coefficient (Wildman–Crippen LogP) is 2.87. The van der Waals surface area contributed by atoms with Crippen molar-refractivity contribution in [2.24, 2.45) is 5.92 Å². The van der Waals surface area contributed by atoms with E-state index < -0.39 is 0 Å². The molecule has 0 aromatic carbocycles. The van der Waals surface area contributed by atoms with Gasteiger partial charge in [-0.05, 0) is 40.4 Å². The Labute approximate surface area is 93.9 Å². The summed E-state index contributed by atoms with van der Waals surface area (Å²) in [6, 6.07) is 2.27. The third-order valence-electron chi connectivity index (χ3n) is 2.00. The lowest BCUT2D eigenvalue weighted by Crippen LogP contribution is -2.31. The average Bonchev–Trinajstić information content (AvgIpc) is 2.11. The van der Waals surface area contributed by atoms with Gasteiger partial charge in [0.05, 0.1) is 6.07 Å². The van der Waals surface area contributed by atoms with Crippen LogP contribution in [0.25, 0.3) is 0 Å². The Morgan fingerprint density at radius 1 is 1.13 bits per heavy atom. The van der Waals surface area contributed by atoms with Gasteiger partial charge < -0.3 is 9.31 Å². The van der Waals surface area contributed by atoms with Crippen LogP contribution in [-0.4, -0.2) is 19.3 Å². The first-order valence-corrected chi connectivity index (χ1v) is 5.70. The summed E-state index contributed by atoms with van der Waals surface area (Å²) in [5, 5.41) is 8.88. The van der Waals surface area contributed by atoms with Crippen molar-refractivity contribution in [1.82, 2.24) is 0 Å². The van der Waals surface area contributed by atoms with Gasteiger partial charge in [0, 0.05) is 18.1 Å². The predicted molar refractivity (Wildman–Crippen MR) is 62.4 cm³/mol. The molecule has 0 radical (unpaired) electrons. The Balaban J connectivity index is 4.17. The lowest BCUT2D eigenvalue weighted by Gasteiger charge is -2.20. The summed E-state index contributed by atoms with van der Waals surface area (Å²) in [6.45, 7) is 9.91. The van der Waals surface area contributed by atoms with E-state index in [2.05, 4.69) is 6.07 Å². The topological polar surface area (TPSA) is 42.2 Å². The van der Waals surface area contributed by atoms with Gasteiger partial charge in [-0.15, -0.1) is 0 Å². The molecule has 0 saturated carbocycles. The van der Waals surface area contributed by atoms with Crippen molar-refractivity contribution in [3.8, 4) is 6.07 Å². The zero-order valence-corrected chi connectivity index (χ0v) is 10.5. The molecule has 0 N–H and O–H groups in total. The third kappa shape index (κ3) is 7.41. The fraction of sp³-hybridized carbons (Fsp3) is 0.909. The maximum absolute atomic E-state index is 8.88. The van der Waals surface area contributed by atoms with E-state index in [0.717, 1.165) is 6.42 Å². The van der Waals surface area contributed by atoms with Gasteiger partial charge in [-0.3, -0.25) is 0 Å².